The Balaban J connectivity index is 1.75. The predicted molar refractivity (Wildman–Crippen MR) is 86.2 cm³/mol. The molecule has 0 amide bonds. The third-order valence-electron chi connectivity index (χ3n) is 4.22. The van der Waals surface area contributed by atoms with Crippen molar-refractivity contribution in [2.75, 3.05) is 13.2 Å². The molecular formula is C16H20FN3O3S. The lowest BCUT2D eigenvalue weighted by Crippen LogP contribution is -2.36. The number of rotatable bonds is 5. The largest absolute Gasteiger partial charge is 0.370 e. The molecule has 1 aliphatic heterocycles. The maximum atomic E-state index is 13.7. The molecule has 1 N–H and O–H groups in total. The summed E-state index contributed by atoms with van der Waals surface area (Å²) in [4.78, 5) is 3.97. The first-order valence-corrected chi connectivity index (χ1v) is 9.30. The molecule has 1 aromatic carbocycles. The summed E-state index contributed by atoms with van der Waals surface area (Å²) in [6.07, 6.45) is 4.91. The molecule has 0 unspecified atom stereocenters. The van der Waals surface area contributed by atoms with E-state index in [1.165, 1.54) is 18.2 Å². The molecule has 1 aromatic heterocycles. The van der Waals surface area contributed by atoms with Gasteiger partial charge in [-0.25, -0.2) is 22.5 Å². The van der Waals surface area contributed by atoms with Gasteiger partial charge in [0.05, 0.1) is 0 Å². The van der Waals surface area contributed by atoms with Crippen LogP contribution in [-0.4, -0.2) is 31.1 Å². The van der Waals surface area contributed by atoms with E-state index in [0.717, 1.165) is 24.7 Å². The van der Waals surface area contributed by atoms with Crippen LogP contribution < -0.4 is 4.72 Å². The summed E-state index contributed by atoms with van der Waals surface area (Å²) < 4.78 is 48.6. The minimum Gasteiger partial charge on any atom is -0.370 e. The van der Waals surface area contributed by atoms with Crippen molar-refractivity contribution in [1.29, 1.82) is 0 Å². The van der Waals surface area contributed by atoms with Gasteiger partial charge in [-0.1, -0.05) is 12.1 Å². The van der Waals surface area contributed by atoms with E-state index < -0.39 is 15.8 Å². The number of nitrogens with zero attached hydrogens (tertiary/aromatic N) is 2. The molecule has 1 saturated heterocycles. The molecule has 2 atom stereocenters. The van der Waals surface area contributed by atoms with Crippen molar-refractivity contribution in [3.05, 3.63) is 48.3 Å². The normalized spacial score (nSPS) is 21.8. The molecule has 0 saturated carbocycles. The van der Waals surface area contributed by atoms with Gasteiger partial charge in [-0.15, -0.1) is 0 Å². The zero-order chi connectivity index (χ0) is 17.2. The van der Waals surface area contributed by atoms with Crippen LogP contribution in [0.4, 0.5) is 4.39 Å². The van der Waals surface area contributed by atoms with Crippen molar-refractivity contribution in [2.24, 2.45) is 13.0 Å². The van der Waals surface area contributed by atoms with Crippen molar-refractivity contribution in [3.8, 4) is 0 Å². The van der Waals surface area contributed by atoms with E-state index in [1.807, 2.05) is 17.8 Å². The Bertz CT molecular complexity index is 806. The van der Waals surface area contributed by atoms with Gasteiger partial charge in [0.15, 0.2) is 0 Å². The van der Waals surface area contributed by atoms with Gasteiger partial charge in [0.25, 0.3) is 0 Å². The minimum atomic E-state index is -3.90. The number of imidazole rings is 1. The van der Waals surface area contributed by atoms with Crippen LogP contribution in [0.3, 0.4) is 0 Å². The minimum absolute atomic E-state index is 0.0543. The fourth-order valence-corrected chi connectivity index (χ4v) is 4.12. The first kappa shape index (κ1) is 17.1. The van der Waals surface area contributed by atoms with Gasteiger partial charge in [0, 0.05) is 38.5 Å². The maximum Gasteiger partial charge on any atom is 0.243 e. The van der Waals surface area contributed by atoms with Gasteiger partial charge in [0.1, 0.15) is 22.6 Å². The van der Waals surface area contributed by atoms with Crippen LogP contribution in [0, 0.1) is 11.7 Å². The average Bonchev–Trinajstić information content (AvgIpc) is 2.99. The van der Waals surface area contributed by atoms with Gasteiger partial charge in [-0.2, -0.15) is 0 Å². The zero-order valence-corrected chi connectivity index (χ0v) is 14.2. The van der Waals surface area contributed by atoms with Crippen LogP contribution in [0.1, 0.15) is 24.8 Å². The van der Waals surface area contributed by atoms with Crippen molar-refractivity contribution in [1.82, 2.24) is 14.3 Å². The first-order valence-electron chi connectivity index (χ1n) is 7.82. The molecule has 1 fully saturated rings. The zero-order valence-electron chi connectivity index (χ0n) is 13.4. The molecule has 3 rings (SSSR count). The third kappa shape index (κ3) is 3.50. The van der Waals surface area contributed by atoms with Crippen LogP contribution in [-0.2, 0) is 21.8 Å². The van der Waals surface area contributed by atoms with Crippen molar-refractivity contribution < 1.29 is 17.5 Å². The van der Waals surface area contributed by atoms with Crippen molar-refractivity contribution in [2.45, 2.75) is 23.8 Å². The molecule has 8 heteroatoms. The fourth-order valence-electron chi connectivity index (χ4n) is 2.95. The molecule has 6 nitrogen and oxygen atoms in total. The summed E-state index contributed by atoms with van der Waals surface area (Å²) in [5.41, 5.74) is 0. The van der Waals surface area contributed by atoms with E-state index in [-0.39, 0.29) is 23.5 Å². The number of benzene rings is 1. The molecule has 0 aliphatic carbocycles. The Labute approximate surface area is 140 Å². The van der Waals surface area contributed by atoms with Gasteiger partial charge in [-0.05, 0) is 25.0 Å². The Hall–Kier alpha value is -1.77. The highest BCUT2D eigenvalue weighted by atomic mass is 32.2. The van der Waals surface area contributed by atoms with Crippen LogP contribution in [0.5, 0.6) is 0 Å². The summed E-state index contributed by atoms with van der Waals surface area (Å²) >= 11 is 0. The monoisotopic (exact) mass is 353 g/mol. The summed E-state index contributed by atoms with van der Waals surface area (Å²) in [5.74, 6) is -0.0447. The van der Waals surface area contributed by atoms with Crippen molar-refractivity contribution in [3.63, 3.8) is 0 Å². The highest BCUT2D eigenvalue weighted by Gasteiger charge is 2.31. The van der Waals surface area contributed by atoms with Crippen LogP contribution >= 0.6 is 0 Å². The number of halogens is 1. The second-order valence-electron chi connectivity index (χ2n) is 5.87. The number of aryl methyl sites for hydroxylation is 1. The number of sulfonamides is 1. The van der Waals surface area contributed by atoms with Gasteiger partial charge in [-0.3, -0.25) is 0 Å². The Kier molecular flexibility index (Phi) is 4.98. The van der Waals surface area contributed by atoms with Gasteiger partial charge >= 0.3 is 0 Å². The second-order valence-corrected chi connectivity index (χ2v) is 7.61. The standard InChI is InChI=1S/C16H20FN3O3S/c1-20-9-8-18-16(20)15-12(5-4-10-23-15)11-19-24(21,22)14-7-3-2-6-13(14)17/h2-3,6-9,12,15,19H,4-5,10-11H2,1H3/t12-,15+/m0/s1. The van der Waals surface area contributed by atoms with E-state index >= 15 is 0 Å². The number of nitrogens with one attached hydrogen (secondary N) is 1. The summed E-state index contributed by atoms with van der Waals surface area (Å²) in [6, 6.07) is 5.35. The highest BCUT2D eigenvalue weighted by Crippen LogP contribution is 2.32. The number of hydrogen-bond acceptors (Lipinski definition) is 4. The average molecular weight is 353 g/mol. The molecule has 0 bridgehead atoms. The quantitative estimate of drug-likeness (QED) is 0.892. The van der Waals surface area contributed by atoms with Gasteiger partial charge in [0.2, 0.25) is 10.0 Å². The summed E-state index contributed by atoms with van der Waals surface area (Å²) in [6.45, 7) is 0.794. The lowest BCUT2D eigenvalue weighted by atomic mass is 9.94. The third-order valence-corrected chi connectivity index (χ3v) is 5.68. The van der Waals surface area contributed by atoms with Crippen LogP contribution in [0.25, 0.3) is 0 Å². The maximum absolute atomic E-state index is 13.7. The number of hydrogen-bond donors (Lipinski definition) is 1. The van der Waals surface area contributed by atoms with E-state index in [1.54, 1.807) is 6.20 Å². The van der Waals surface area contributed by atoms with Gasteiger partial charge < -0.3 is 9.30 Å². The molecule has 1 aliphatic rings. The smallest absolute Gasteiger partial charge is 0.243 e. The van der Waals surface area contributed by atoms with E-state index in [9.17, 15) is 12.8 Å². The SMILES string of the molecule is Cn1ccnc1[C@@H]1OCCC[C@H]1CNS(=O)(=O)c1ccccc1F. The Morgan fingerprint density at radius 3 is 2.92 bits per heavy atom. The molecule has 24 heavy (non-hydrogen) atoms. The second kappa shape index (κ2) is 7.00. The van der Waals surface area contributed by atoms with Crippen LogP contribution in [0.2, 0.25) is 0 Å². The summed E-state index contributed by atoms with van der Waals surface area (Å²) in [7, 11) is -2.02. The van der Waals surface area contributed by atoms with Crippen molar-refractivity contribution >= 4 is 10.0 Å². The molecule has 2 heterocycles. The van der Waals surface area contributed by atoms with E-state index in [0.29, 0.717) is 6.61 Å². The van der Waals surface area contributed by atoms with E-state index in [4.69, 9.17) is 4.74 Å². The molecule has 2 aromatic rings. The van der Waals surface area contributed by atoms with E-state index in [2.05, 4.69) is 9.71 Å². The Morgan fingerprint density at radius 1 is 1.42 bits per heavy atom. The molecule has 0 radical (unpaired) electrons. The lowest BCUT2D eigenvalue weighted by Gasteiger charge is -2.31. The topological polar surface area (TPSA) is 73.2 Å². The Morgan fingerprint density at radius 2 is 2.21 bits per heavy atom. The molecular weight excluding hydrogens is 333 g/mol. The molecule has 0 spiro atoms. The predicted octanol–water partition coefficient (Wildman–Crippen LogP) is 2.01. The number of aromatic nitrogens is 2. The number of ether oxygens (including phenoxy) is 1. The lowest BCUT2D eigenvalue weighted by molar-refractivity contribution is -0.0328. The first-order chi connectivity index (χ1) is 11.5. The molecule has 130 valence electrons. The fraction of sp³-hybridized carbons (Fsp3) is 0.438. The highest BCUT2D eigenvalue weighted by molar-refractivity contribution is 7.89. The summed E-state index contributed by atoms with van der Waals surface area (Å²) in [5, 5.41) is 0. The van der Waals surface area contributed by atoms with Crippen LogP contribution in [0.15, 0.2) is 41.6 Å².